The van der Waals surface area contributed by atoms with Gasteiger partial charge in [0.25, 0.3) is 5.91 Å². The number of esters is 1. The minimum atomic E-state index is -0.670. The maximum absolute atomic E-state index is 12.8. The van der Waals surface area contributed by atoms with E-state index < -0.39 is 18.5 Å². The van der Waals surface area contributed by atoms with E-state index in [0.717, 1.165) is 16.3 Å². The van der Waals surface area contributed by atoms with Crippen molar-refractivity contribution >= 4 is 34.2 Å². The molecule has 0 unspecified atom stereocenters. The van der Waals surface area contributed by atoms with Crippen LogP contribution >= 0.6 is 11.6 Å². The first-order valence-electron chi connectivity index (χ1n) is 8.50. The minimum absolute atomic E-state index is 0.212. The summed E-state index contributed by atoms with van der Waals surface area (Å²) in [4.78, 5) is 23.6. The summed E-state index contributed by atoms with van der Waals surface area (Å²) in [7, 11) is 0. The zero-order chi connectivity index (χ0) is 19.9. The van der Waals surface area contributed by atoms with Gasteiger partial charge in [-0.15, -0.1) is 0 Å². The second-order valence-corrected chi connectivity index (χ2v) is 6.35. The minimum Gasteiger partial charge on any atom is -0.481 e. The molecule has 1 amide bonds. The van der Waals surface area contributed by atoms with E-state index in [9.17, 15) is 14.0 Å². The third-order valence-electron chi connectivity index (χ3n) is 3.94. The molecule has 0 aromatic heterocycles. The van der Waals surface area contributed by atoms with Gasteiger partial charge >= 0.3 is 5.97 Å². The average molecular weight is 402 g/mol. The van der Waals surface area contributed by atoms with Gasteiger partial charge in [-0.05, 0) is 29.8 Å². The maximum Gasteiger partial charge on any atom is 0.344 e. The zero-order valence-corrected chi connectivity index (χ0v) is 15.5. The summed E-state index contributed by atoms with van der Waals surface area (Å²) in [6, 6.07) is 16.5. The van der Waals surface area contributed by atoms with Crippen molar-refractivity contribution in [2.75, 3.05) is 13.2 Å². The lowest BCUT2D eigenvalue weighted by atomic mass is 10.1. The van der Waals surface area contributed by atoms with Crippen molar-refractivity contribution in [3.05, 3.63) is 77.1 Å². The molecule has 3 rings (SSSR count). The highest BCUT2D eigenvalue weighted by molar-refractivity contribution is 6.35. The number of carbonyl (C=O) groups is 2. The molecule has 5 nitrogen and oxygen atoms in total. The van der Waals surface area contributed by atoms with E-state index in [2.05, 4.69) is 5.32 Å². The van der Waals surface area contributed by atoms with Crippen molar-refractivity contribution in [1.29, 1.82) is 0 Å². The van der Waals surface area contributed by atoms with E-state index in [1.807, 2.05) is 24.3 Å². The molecule has 0 aliphatic carbocycles. The van der Waals surface area contributed by atoms with Crippen LogP contribution in [0.25, 0.3) is 10.8 Å². The van der Waals surface area contributed by atoms with Gasteiger partial charge in [-0.25, -0.2) is 9.18 Å². The number of amides is 1. The van der Waals surface area contributed by atoms with Crippen molar-refractivity contribution in [2.24, 2.45) is 0 Å². The lowest BCUT2D eigenvalue weighted by molar-refractivity contribution is -0.150. The summed E-state index contributed by atoms with van der Waals surface area (Å²) in [5, 5.41) is 4.76. The third-order valence-corrected chi connectivity index (χ3v) is 4.27. The molecule has 0 radical (unpaired) electrons. The van der Waals surface area contributed by atoms with Crippen LogP contribution in [0.2, 0.25) is 5.02 Å². The molecule has 0 spiro atoms. The fourth-order valence-electron chi connectivity index (χ4n) is 2.54. The van der Waals surface area contributed by atoms with Gasteiger partial charge in [0.05, 0.1) is 0 Å². The van der Waals surface area contributed by atoms with Gasteiger partial charge in [0.1, 0.15) is 11.6 Å². The van der Waals surface area contributed by atoms with Gasteiger partial charge in [0, 0.05) is 22.3 Å². The Labute approximate surface area is 166 Å². The molecule has 0 saturated carbocycles. The maximum atomic E-state index is 12.8. The Morgan fingerprint density at radius 2 is 1.64 bits per heavy atom. The molecule has 0 aliphatic heterocycles. The van der Waals surface area contributed by atoms with Crippen LogP contribution in [-0.2, 0) is 20.9 Å². The monoisotopic (exact) mass is 401 g/mol. The summed E-state index contributed by atoms with van der Waals surface area (Å²) in [5.41, 5.74) is 0.735. The van der Waals surface area contributed by atoms with Crippen LogP contribution in [0.5, 0.6) is 5.75 Å². The first-order valence-corrected chi connectivity index (χ1v) is 8.87. The van der Waals surface area contributed by atoms with E-state index in [1.165, 1.54) is 12.1 Å². The Bertz CT molecular complexity index is 991. The number of rotatable bonds is 7. The number of hydrogen-bond acceptors (Lipinski definition) is 4. The second-order valence-electron chi connectivity index (χ2n) is 5.94. The molecule has 7 heteroatoms. The van der Waals surface area contributed by atoms with Crippen LogP contribution in [0.3, 0.4) is 0 Å². The number of fused-ring (bicyclic) bond motifs is 1. The van der Waals surface area contributed by atoms with Crippen molar-refractivity contribution in [1.82, 2.24) is 5.32 Å². The Morgan fingerprint density at radius 1 is 0.929 bits per heavy atom. The van der Waals surface area contributed by atoms with Crippen LogP contribution in [0, 0.1) is 5.82 Å². The van der Waals surface area contributed by atoms with E-state index in [1.54, 1.807) is 24.3 Å². The van der Waals surface area contributed by atoms with Crippen molar-refractivity contribution in [3.8, 4) is 5.75 Å². The summed E-state index contributed by atoms with van der Waals surface area (Å²) in [6.07, 6.45) is 0. The number of hydrogen-bond donors (Lipinski definition) is 1. The molecule has 0 aliphatic rings. The van der Waals surface area contributed by atoms with Crippen LogP contribution in [-0.4, -0.2) is 25.1 Å². The highest BCUT2D eigenvalue weighted by Gasteiger charge is 2.11. The Kier molecular flexibility index (Phi) is 6.45. The number of benzene rings is 3. The van der Waals surface area contributed by atoms with Gasteiger partial charge in [-0.3, -0.25) is 4.79 Å². The van der Waals surface area contributed by atoms with Gasteiger partial charge in [-0.1, -0.05) is 48.0 Å². The lowest BCUT2D eigenvalue weighted by Gasteiger charge is -2.10. The first kappa shape index (κ1) is 19.6. The zero-order valence-electron chi connectivity index (χ0n) is 14.8. The van der Waals surface area contributed by atoms with Gasteiger partial charge in [-0.2, -0.15) is 0 Å². The summed E-state index contributed by atoms with van der Waals surface area (Å²) in [6.45, 7) is -0.550. The molecule has 0 atom stereocenters. The molecule has 0 bridgehead atoms. The molecule has 144 valence electrons. The van der Waals surface area contributed by atoms with Crippen molar-refractivity contribution < 1.29 is 23.5 Å². The number of nitrogens with one attached hydrogen (secondary N) is 1. The van der Waals surface area contributed by atoms with Gasteiger partial charge in [0.2, 0.25) is 0 Å². The summed E-state index contributed by atoms with van der Waals surface area (Å²) >= 11 is 6.15. The molecule has 0 heterocycles. The Morgan fingerprint density at radius 3 is 2.39 bits per heavy atom. The molecule has 28 heavy (non-hydrogen) atoms. The highest BCUT2D eigenvalue weighted by atomic mass is 35.5. The average Bonchev–Trinajstić information content (AvgIpc) is 2.71. The summed E-state index contributed by atoms with van der Waals surface area (Å²) in [5.74, 6) is -0.985. The largest absolute Gasteiger partial charge is 0.481 e. The SMILES string of the molecule is O=C(COC(=O)COc1ccc(Cl)c2ccccc12)NCc1ccc(F)cc1. The smallest absolute Gasteiger partial charge is 0.344 e. The fourth-order valence-corrected chi connectivity index (χ4v) is 2.77. The molecule has 1 N–H and O–H groups in total. The second kappa shape index (κ2) is 9.19. The number of carbonyl (C=O) groups excluding carboxylic acids is 2. The quantitative estimate of drug-likeness (QED) is 0.610. The molecule has 3 aromatic rings. The van der Waals surface area contributed by atoms with E-state index in [-0.39, 0.29) is 19.0 Å². The van der Waals surface area contributed by atoms with Gasteiger partial charge < -0.3 is 14.8 Å². The van der Waals surface area contributed by atoms with Crippen LogP contribution < -0.4 is 10.1 Å². The molecule has 0 saturated heterocycles. The highest BCUT2D eigenvalue weighted by Crippen LogP contribution is 2.31. The summed E-state index contributed by atoms with van der Waals surface area (Å²) < 4.78 is 23.2. The predicted octanol–water partition coefficient (Wildman–Crippen LogP) is 3.87. The van der Waals surface area contributed by atoms with Gasteiger partial charge in [0.15, 0.2) is 13.2 Å². The van der Waals surface area contributed by atoms with E-state index in [0.29, 0.717) is 10.8 Å². The lowest BCUT2D eigenvalue weighted by Crippen LogP contribution is -2.29. The predicted molar refractivity (Wildman–Crippen MR) is 104 cm³/mol. The topological polar surface area (TPSA) is 64.6 Å². The molecule has 0 fully saturated rings. The number of ether oxygens (including phenoxy) is 2. The Hall–Kier alpha value is -3.12. The van der Waals surface area contributed by atoms with Crippen LogP contribution in [0.15, 0.2) is 60.7 Å². The van der Waals surface area contributed by atoms with E-state index >= 15 is 0 Å². The molecule has 3 aromatic carbocycles. The Balaban J connectivity index is 1.45. The first-order chi connectivity index (χ1) is 13.5. The van der Waals surface area contributed by atoms with Crippen molar-refractivity contribution in [3.63, 3.8) is 0 Å². The molecular formula is C21H17ClFNO4. The van der Waals surface area contributed by atoms with Crippen LogP contribution in [0.4, 0.5) is 4.39 Å². The van der Waals surface area contributed by atoms with E-state index in [4.69, 9.17) is 21.1 Å². The normalized spacial score (nSPS) is 10.5. The third kappa shape index (κ3) is 5.20. The molecular weight excluding hydrogens is 385 g/mol. The standard InChI is InChI=1S/C21H17ClFNO4/c22-18-9-10-19(17-4-2-1-3-16(17)18)27-13-21(26)28-12-20(25)24-11-14-5-7-15(23)8-6-14/h1-10H,11-13H2,(H,24,25). The fraction of sp³-hybridized carbons (Fsp3) is 0.143. The van der Waals surface area contributed by atoms with Crippen LogP contribution in [0.1, 0.15) is 5.56 Å². The van der Waals surface area contributed by atoms with Crippen molar-refractivity contribution in [2.45, 2.75) is 6.54 Å². The number of halogens is 2.